The van der Waals surface area contributed by atoms with Crippen LogP contribution in [-0.4, -0.2) is 36.4 Å². The molecule has 2 rings (SSSR count). The number of carbonyl (C=O) groups excluding carboxylic acids is 1. The third-order valence-electron chi connectivity index (χ3n) is 2.99. The second-order valence-corrected chi connectivity index (χ2v) is 5.82. The van der Waals surface area contributed by atoms with E-state index >= 15 is 0 Å². The zero-order chi connectivity index (χ0) is 14.8. The van der Waals surface area contributed by atoms with Crippen molar-refractivity contribution in [3.8, 4) is 0 Å². The van der Waals surface area contributed by atoms with Gasteiger partial charge in [-0.15, -0.1) is 0 Å². The number of rotatable bonds is 1. The average molecular weight is 281 g/mol. The van der Waals surface area contributed by atoms with Gasteiger partial charge in [0, 0.05) is 6.54 Å². The molecule has 4 nitrogen and oxygen atoms in total. The lowest BCUT2D eigenvalue weighted by atomic mass is 10.1. The lowest BCUT2D eigenvalue weighted by Crippen LogP contribution is -2.45. The predicted molar refractivity (Wildman–Crippen MR) is 72.9 cm³/mol. The van der Waals surface area contributed by atoms with Gasteiger partial charge in [-0.05, 0) is 38.5 Å². The molecule has 0 unspecified atom stereocenters. The molecule has 1 amide bonds. The number of halogens is 1. The van der Waals surface area contributed by atoms with E-state index in [2.05, 4.69) is 0 Å². The Hall–Kier alpha value is -1.62. The van der Waals surface area contributed by atoms with Crippen LogP contribution in [0.25, 0.3) is 0 Å². The molecule has 0 aromatic heterocycles. The molecule has 20 heavy (non-hydrogen) atoms. The maximum atomic E-state index is 13.3. The SMILES string of the molecule is CC(C)(C)OC(=O)N1CCOC[C@@H]1c1cccc(F)c1. The molecule has 0 spiro atoms. The molecule has 1 aromatic rings. The van der Waals surface area contributed by atoms with Crippen molar-refractivity contribution >= 4 is 6.09 Å². The van der Waals surface area contributed by atoms with Gasteiger partial charge in [0.15, 0.2) is 0 Å². The molecular formula is C15H20FNO3. The molecule has 0 bridgehead atoms. The summed E-state index contributed by atoms with van der Waals surface area (Å²) >= 11 is 0. The first-order valence-corrected chi connectivity index (χ1v) is 6.70. The van der Waals surface area contributed by atoms with Crippen molar-refractivity contribution in [2.45, 2.75) is 32.4 Å². The Bertz CT molecular complexity index is 484. The molecule has 1 aliphatic heterocycles. The summed E-state index contributed by atoms with van der Waals surface area (Å²) in [4.78, 5) is 13.8. The highest BCUT2D eigenvalue weighted by Gasteiger charge is 2.32. The van der Waals surface area contributed by atoms with E-state index in [0.717, 1.165) is 5.56 Å². The number of morpholine rings is 1. The maximum Gasteiger partial charge on any atom is 0.410 e. The van der Waals surface area contributed by atoms with Crippen LogP contribution >= 0.6 is 0 Å². The molecule has 0 saturated carbocycles. The molecule has 0 aliphatic carbocycles. The van der Waals surface area contributed by atoms with Crippen molar-refractivity contribution in [2.75, 3.05) is 19.8 Å². The molecule has 1 aliphatic rings. The lowest BCUT2D eigenvalue weighted by Gasteiger charge is -2.36. The molecule has 1 fully saturated rings. The minimum atomic E-state index is -0.554. The molecular weight excluding hydrogens is 261 g/mol. The summed E-state index contributed by atoms with van der Waals surface area (Å²) < 4.78 is 24.2. The predicted octanol–water partition coefficient (Wildman–Crippen LogP) is 3.13. The lowest BCUT2D eigenvalue weighted by molar-refractivity contribution is -0.0331. The highest BCUT2D eigenvalue weighted by Crippen LogP contribution is 2.26. The maximum absolute atomic E-state index is 13.3. The minimum Gasteiger partial charge on any atom is -0.444 e. The zero-order valence-corrected chi connectivity index (χ0v) is 12.1. The molecule has 1 saturated heterocycles. The third kappa shape index (κ3) is 3.70. The van der Waals surface area contributed by atoms with Crippen LogP contribution in [0.15, 0.2) is 24.3 Å². The molecule has 110 valence electrons. The van der Waals surface area contributed by atoms with E-state index in [1.54, 1.807) is 17.0 Å². The van der Waals surface area contributed by atoms with Crippen molar-refractivity contribution in [3.63, 3.8) is 0 Å². The van der Waals surface area contributed by atoms with Crippen molar-refractivity contribution in [3.05, 3.63) is 35.6 Å². The van der Waals surface area contributed by atoms with Gasteiger partial charge in [-0.1, -0.05) is 12.1 Å². The average Bonchev–Trinajstić information content (AvgIpc) is 2.37. The van der Waals surface area contributed by atoms with E-state index in [4.69, 9.17) is 9.47 Å². The Morgan fingerprint density at radius 3 is 2.85 bits per heavy atom. The summed E-state index contributed by atoms with van der Waals surface area (Å²) in [6.45, 7) is 6.72. The monoisotopic (exact) mass is 281 g/mol. The smallest absolute Gasteiger partial charge is 0.410 e. The second-order valence-electron chi connectivity index (χ2n) is 5.82. The van der Waals surface area contributed by atoms with E-state index in [1.807, 2.05) is 20.8 Å². The first-order chi connectivity index (χ1) is 9.37. The Balaban J connectivity index is 2.19. The van der Waals surface area contributed by atoms with Gasteiger partial charge in [0.05, 0.1) is 19.3 Å². The number of hydrogen-bond acceptors (Lipinski definition) is 3. The Kier molecular flexibility index (Phi) is 4.28. The largest absolute Gasteiger partial charge is 0.444 e. The molecule has 0 radical (unpaired) electrons. The van der Waals surface area contributed by atoms with Crippen LogP contribution in [0.5, 0.6) is 0 Å². The van der Waals surface area contributed by atoms with Gasteiger partial charge < -0.3 is 9.47 Å². The summed E-state index contributed by atoms with van der Waals surface area (Å²) in [5, 5.41) is 0. The summed E-state index contributed by atoms with van der Waals surface area (Å²) in [7, 11) is 0. The summed E-state index contributed by atoms with van der Waals surface area (Å²) in [5.74, 6) is -0.322. The van der Waals surface area contributed by atoms with Crippen molar-refractivity contribution < 1.29 is 18.7 Å². The highest BCUT2D eigenvalue weighted by molar-refractivity contribution is 5.69. The van der Waals surface area contributed by atoms with Crippen LogP contribution in [0.3, 0.4) is 0 Å². The van der Waals surface area contributed by atoms with Crippen molar-refractivity contribution in [1.82, 2.24) is 4.90 Å². The number of benzene rings is 1. The Labute approximate surface area is 118 Å². The topological polar surface area (TPSA) is 38.8 Å². The van der Waals surface area contributed by atoms with E-state index in [9.17, 15) is 9.18 Å². The zero-order valence-electron chi connectivity index (χ0n) is 12.1. The fourth-order valence-electron chi connectivity index (χ4n) is 2.13. The number of amides is 1. The van der Waals surface area contributed by atoms with E-state index in [1.165, 1.54) is 12.1 Å². The van der Waals surface area contributed by atoms with Crippen LogP contribution in [0.1, 0.15) is 32.4 Å². The van der Waals surface area contributed by atoms with Crippen LogP contribution in [0.4, 0.5) is 9.18 Å². The van der Waals surface area contributed by atoms with Crippen LogP contribution in [0, 0.1) is 5.82 Å². The molecule has 5 heteroatoms. The molecule has 0 N–H and O–H groups in total. The fourth-order valence-corrected chi connectivity index (χ4v) is 2.13. The number of ether oxygens (including phenoxy) is 2. The first kappa shape index (κ1) is 14.8. The van der Waals surface area contributed by atoms with Crippen molar-refractivity contribution in [1.29, 1.82) is 0 Å². The van der Waals surface area contributed by atoms with Gasteiger partial charge in [0.2, 0.25) is 0 Å². The Morgan fingerprint density at radius 2 is 2.20 bits per heavy atom. The van der Waals surface area contributed by atoms with Gasteiger partial charge in [-0.25, -0.2) is 9.18 Å². The van der Waals surface area contributed by atoms with E-state index in [0.29, 0.717) is 19.8 Å². The summed E-state index contributed by atoms with van der Waals surface area (Å²) in [5.41, 5.74) is 0.164. The quantitative estimate of drug-likeness (QED) is 0.794. The summed E-state index contributed by atoms with van der Waals surface area (Å²) in [6.07, 6.45) is -0.393. The Morgan fingerprint density at radius 1 is 1.45 bits per heavy atom. The van der Waals surface area contributed by atoms with Crippen LogP contribution < -0.4 is 0 Å². The number of hydrogen-bond donors (Lipinski definition) is 0. The molecule has 1 atom stereocenters. The van der Waals surface area contributed by atoms with Gasteiger partial charge in [-0.3, -0.25) is 4.90 Å². The minimum absolute atomic E-state index is 0.311. The van der Waals surface area contributed by atoms with Crippen LogP contribution in [-0.2, 0) is 9.47 Å². The molecule has 1 aromatic carbocycles. The van der Waals surface area contributed by atoms with Crippen LogP contribution in [0.2, 0.25) is 0 Å². The third-order valence-corrected chi connectivity index (χ3v) is 2.99. The normalized spacial score (nSPS) is 19.8. The van der Waals surface area contributed by atoms with Gasteiger partial charge in [0.1, 0.15) is 11.4 Å². The number of carbonyl (C=O) groups is 1. The van der Waals surface area contributed by atoms with E-state index in [-0.39, 0.29) is 11.9 Å². The summed E-state index contributed by atoms with van der Waals surface area (Å²) in [6, 6.07) is 5.92. The van der Waals surface area contributed by atoms with Gasteiger partial charge in [0.25, 0.3) is 0 Å². The highest BCUT2D eigenvalue weighted by atomic mass is 19.1. The van der Waals surface area contributed by atoms with Crippen molar-refractivity contribution in [2.24, 2.45) is 0 Å². The first-order valence-electron chi connectivity index (χ1n) is 6.70. The second kappa shape index (κ2) is 5.79. The fraction of sp³-hybridized carbons (Fsp3) is 0.533. The van der Waals surface area contributed by atoms with Gasteiger partial charge >= 0.3 is 6.09 Å². The standard InChI is InChI=1S/C15H20FNO3/c1-15(2,3)20-14(18)17-7-8-19-10-13(17)11-5-4-6-12(16)9-11/h4-6,9,13H,7-8,10H2,1-3H3/t13-/m1/s1. The van der Waals surface area contributed by atoms with Gasteiger partial charge in [-0.2, -0.15) is 0 Å². The molecule has 1 heterocycles. The number of nitrogens with zero attached hydrogens (tertiary/aromatic N) is 1. The van der Waals surface area contributed by atoms with E-state index < -0.39 is 11.7 Å².